The van der Waals surface area contributed by atoms with E-state index in [0.29, 0.717) is 5.69 Å². The smallest absolute Gasteiger partial charge is 0.274 e. The average molecular weight is 214 g/mol. The molecule has 0 fully saturated rings. The van der Waals surface area contributed by atoms with Crippen molar-refractivity contribution < 1.29 is 0 Å². The molecule has 1 aromatic heterocycles. The molecule has 2 aromatic rings. The number of aromatic nitrogens is 2. The van der Waals surface area contributed by atoms with Gasteiger partial charge in [0, 0.05) is 18.0 Å². The number of aromatic amines is 1. The molecule has 0 aliphatic carbocycles. The topological polar surface area (TPSA) is 45.8 Å². The lowest BCUT2D eigenvalue weighted by atomic mass is 10.1. The Morgan fingerprint density at radius 2 is 2.25 bits per heavy atom. The second kappa shape index (κ2) is 4.75. The summed E-state index contributed by atoms with van der Waals surface area (Å²) >= 11 is 0. The third-order valence-electron chi connectivity index (χ3n) is 2.45. The highest BCUT2D eigenvalue weighted by Crippen LogP contribution is 2.15. The maximum Gasteiger partial charge on any atom is 0.274 e. The van der Waals surface area contributed by atoms with Gasteiger partial charge in [0.1, 0.15) is 5.69 Å². The van der Waals surface area contributed by atoms with E-state index in [0.717, 1.165) is 18.4 Å². The Labute approximate surface area is 94.2 Å². The molecule has 1 aromatic carbocycles. The fraction of sp³-hybridized carbons (Fsp3) is 0.231. The molecule has 0 bridgehead atoms. The standard InChI is InChI=1S/C13H14N2O/c1-2-4-10-5-3-6-11(9-10)12-13(16)15-8-7-14-12/h3,5-9H,2,4H2,1H3,(H,15,16). The van der Waals surface area contributed by atoms with Crippen molar-refractivity contribution >= 4 is 0 Å². The molecular weight excluding hydrogens is 200 g/mol. The van der Waals surface area contributed by atoms with Gasteiger partial charge in [-0.1, -0.05) is 31.5 Å². The third-order valence-corrected chi connectivity index (χ3v) is 2.45. The van der Waals surface area contributed by atoms with E-state index in [4.69, 9.17) is 0 Å². The predicted octanol–water partition coefficient (Wildman–Crippen LogP) is 2.39. The summed E-state index contributed by atoms with van der Waals surface area (Å²) in [6, 6.07) is 7.98. The van der Waals surface area contributed by atoms with E-state index in [-0.39, 0.29) is 5.56 Å². The van der Waals surface area contributed by atoms with Crippen LogP contribution in [0.25, 0.3) is 11.3 Å². The molecule has 0 atom stereocenters. The molecule has 0 amide bonds. The minimum Gasteiger partial charge on any atom is -0.326 e. The van der Waals surface area contributed by atoms with Gasteiger partial charge in [-0.25, -0.2) is 4.98 Å². The molecular formula is C13H14N2O. The molecule has 0 aliphatic rings. The van der Waals surface area contributed by atoms with Crippen molar-refractivity contribution in [2.45, 2.75) is 19.8 Å². The molecule has 0 saturated carbocycles. The van der Waals surface area contributed by atoms with E-state index in [9.17, 15) is 4.79 Å². The summed E-state index contributed by atoms with van der Waals surface area (Å²) in [5, 5.41) is 0. The van der Waals surface area contributed by atoms with Crippen LogP contribution in [-0.2, 0) is 6.42 Å². The van der Waals surface area contributed by atoms with Gasteiger partial charge < -0.3 is 4.98 Å². The van der Waals surface area contributed by atoms with Crippen LogP contribution in [0.1, 0.15) is 18.9 Å². The van der Waals surface area contributed by atoms with Crippen LogP contribution in [0.3, 0.4) is 0 Å². The van der Waals surface area contributed by atoms with Gasteiger partial charge in [-0.15, -0.1) is 0 Å². The number of benzene rings is 1. The highest BCUT2D eigenvalue weighted by atomic mass is 16.1. The maximum absolute atomic E-state index is 11.6. The van der Waals surface area contributed by atoms with Gasteiger partial charge in [-0.2, -0.15) is 0 Å². The van der Waals surface area contributed by atoms with Gasteiger partial charge >= 0.3 is 0 Å². The molecule has 0 radical (unpaired) electrons. The number of hydrogen-bond donors (Lipinski definition) is 1. The molecule has 2 rings (SSSR count). The SMILES string of the molecule is CCCc1cccc(-c2ncc[nH]c2=O)c1. The third kappa shape index (κ3) is 2.19. The number of rotatable bonds is 3. The first-order valence-corrected chi connectivity index (χ1v) is 5.44. The second-order valence-electron chi connectivity index (χ2n) is 3.72. The van der Waals surface area contributed by atoms with Gasteiger partial charge in [0.15, 0.2) is 0 Å². The lowest BCUT2D eigenvalue weighted by Crippen LogP contribution is -2.09. The second-order valence-corrected chi connectivity index (χ2v) is 3.72. The van der Waals surface area contributed by atoms with Crippen molar-refractivity contribution in [1.82, 2.24) is 9.97 Å². The zero-order chi connectivity index (χ0) is 11.4. The van der Waals surface area contributed by atoms with E-state index in [2.05, 4.69) is 23.0 Å². The lowest BCUT2D eigenvalue weighted by Gasteiger charge is -2.02. The van der Waals surface area contributed by atoms with Gasteiger partial charge in [-0.05, 0) is 18.1 Å². The van der Waals surface area contributed by atoms with Crippen molar-refractivity contribution in [3.63, 3.8) is 0 Å². The van der Waals surface area contributed by atoms with Crippen molar-refractivity contribution in [2.24, 2.45) is 0 Å². The minimum atomic E-state index is -0.142. The van der Waals surface area contributed by atoms with Gasteiger partial charge in [0.2, 0.25) is 0 Å². The molecule has 0 aliphatic heterocycles. The zero-order valence-electron chi connectivity index (χ0n) is 9.23. The molecule has 16 heavy (non-hydrogen) atoms. The van der Waals surface area contributed by atoms with Crippen LogP contribution < -0.4 is 5.56 Å². The molecule has 1 heterocycles. The van der Waals surface area contributed by atoms with Gasteiger partial charge in [0.05, 0.1) is 0 Å². The summed E-state index contributed by atoms with van der Waals surface area (Å²) in [5.74, 6) is 0. The van der Waals surface area contributed by atoms with E-state index < -0.39 is 0 Å². The maximum atomic E-state index is 11.6. The summed E-state index contributed by atoms with van der Waals surface area (Å²) in [6.45, 7) is 2.14. The van der Waals surface area contributed by atoms with Crippen LogP contribution in [0.5, 0.6) is 0 Å². The number of nitrogens with one attached hydrogen (secondary N) is 1. The summed E-state index contributed by atoms with van der Waals surface area (Å²) < 4.78 is 0. The number of nitrogens with zero attached hydrogens (tertiary/aromatic N) is 1. The first-order chi connectivity index (χ1) is 7.81. The van der Waals surface area contributed by atoms with Crippen LogP contribution >= 0.6 is 0 Å². The van der Waals surface area contributed by atoms with Crippen LogP contribution in [-0.4, -0.2) is 9.97 Å². The fourth-order valence-electron chi connectivity index (χ4n) is 1.72. The average Bonchev–Trinajstić information content (AvgIpc) is 2.30. The Hall–Kier alpha value is -1.90. The molecule has 3 nitrogen and oxygen atoms in total. The summed E-state index contributed by atoms with van der Waals surface area (Å²) in [4.78, 5) is 18.3. The minimum absolute atomic E-state index is 0.142. The van der Waals surface area contributed by atoms with Gasteiger partial charge in [-0.3, -0.25) is 4.79 Å². The number of H-pyrrole nitrogens is 1. The fourth-order valence-corrected chi connectivity index (χ4v) is 1.72. The molecule has 82 valence electrons. The Balaban J connectivity index is 2.45. The van der Waals surface area contributed by atoms with Crippen LogP contribution in [0.15, 0.2) is 41.5 Å². The number of hydrogen-bond acceptors (Lipinski definition) is 2. The van der Waals surface area contributed by atoms with Gasteiger partial charge in [0.25, 0.3) is 5.56 Å². The normalized spacial score (nSPS) is 10.3. The molecule has 0 saturated heterocycles. The summed E-state index contributed by atoms with van der Waals surface area (Å²) in [5.41, 5.74) is 2.47. The Morgan fingerprint density at radius 1 is 1.38 bits per heavy atom. The van der Waals surface area contributed by atoms with Crippen LogP contribution in [0.4, 0.5) is 0 Å². The zero-order valence-corrected chi connectivity index (χ0v) is 9.23. The predicted molar refractivity (Wildman–Crippen MR) is 64.3 cm³/mol. The van der Waals surface area contributed by atoms with Crippen LogP contribution in [0, 0.1) is 0 Å². The van der Waals surface area contributed by atoms with Crippen molar-refractivity contribution in [2.75, 3.05) is 0 Å². The first kappa shape index (κ1) is 10.6. The first-order valence-electron chi connectivity index (χ1n) is 5.44. The summed E-state index contributed by atoms with van der Waals surface area (Å²) in [7, 11) is 0. The quantitative estimate of drug-likeness (QED) is 0.852. The summed E-state index contributed by atoms with van der Waals surface area (Å²) in [6.07, 6.45) is 5.27. The Morgan fingerprint density at radius 3 is 3.00 bits per heavy atom. The van der Waals surface area contributed by atoms with Crippen LogP contribution in [0.2, 0.25) is 0 Å². The largest absolute Gasteiger partial charge is 0.326 e. The van der Waals surface area contributed by atoms with E-state index in [1.807, 2.05) is 18.2 Å². The number of aryl methyl sites for hydroxylation is 1. The van der Waals surface area contributed by atoms with Crippen molar-refractivity contribution in [3.05, 3.63) is 52.6 Å². The van der Waals surface area contributed by atoms with E-state index >= 15 is 0 Å². The lowest BCUT2D eigenvalue weighted by molar-refractivity contribution is 0.922. The van der Waals surface area contributed by atoms with E-state index in [1.165, 1.54) is 5.56 Å². The van der Waals surface area contributed by atoms with Crippen molar-refractivity contribution in [3.8, 4) is 11.3 Å². The highest BCUT2D eigenvalue weighted by Gasteiger charge is 2.04. The molecule has 0 unspecified atom stereocenters. The Bertz CT molecular complexity index is 531. The van der Waals surface area contributed by atoms with Crippen molar-refractivity contribution in [1.29, 1.82) is 0 Å². The monoisotopic (exact) mass is 214 g/mol. The molecule has 1 N–H and O–H groups in total. The molecule has 0 spiro atoms. The van der Waals surface area contributed by atoms with E-state index in [1.54, 1.807) is 12.4 Å². The highest BCUT2D eigenvalue weighted by molar-refractivity contribution is 5.58. The molecule has 3 heteroatoms. The Kier molecular flexibility index (Phi) is 3.15.